The van der Waals surface area contributed by atoms with Crippen LogP contribution < -0.4 is 10.1 Å². The number of carbonyl (C=O) groups is 3. The lowest BCUT2D eigenvalue weighted by atomic mass is 10.1. The molecule has 2 aromatic carbocycles. The number of hydrogen-bond donors (Lipinski definition) is 2. The molecule has 0 unspecified atom stereocenters. The number of carboxylic acids is 1. The van der Waals surface area contributed by atoms with Crippen LogP contribution >= 0.6 is 0 Å². The standard InChI is InChI=1S/C21H23NO5/c1-27-18-12-8-16(9-13-18)19(23)3-2-4-20(24)22-17-10-5-15(6-11-17)7-14-21(25)26/h5-6,8-13H,2-4,7,14H2,1H3,(H,22,24)(H,25,26). The number of carboxylic acid groups (broad SMARTS) is 1. The molecule has 6 nitrogen and oxygen atoms in total. The number of Topliss-reactive ketones (excluding diaryl/α,β-unsaturated/α-hetero) is 1. The number of amides is 1. The molecule has 0 radical (unpaired) electrons. The Morgan fingerprint density at radius 3 is 2.19 bits per heavy atom. The van der Waals surface area contributed by atoms with Gasteiger partial charge < -0.3 is 15.2 Å². The van der Waals surface area contributed by atoms with Crippen LogP contribution in [0.3, 0.4) is 0 Å². The van der Waals surface area contributed by atoms with Crippen LogP contribution in [0.4, 0.5) is 5.69 Å². The van der Waals surface area contributed by atoms with Gasteiger partial charge in [-0.25, -0.2) is 0 Å². The van der Waals surface area contributed by atoms with Gasteiger partial charge in [0.2, 0.25) is 5.91 Å². The van der Waals surface area contributed by atoms with Crippen molar-refractivity contribution in [2.75, 3.05) is 12.4 Å². The second-order valence-electron chi connectivity index (χ2n) is 6.14. The average Bonchev–Trinajstić information content (AvgIpc) is 2.67. The Labute approximate surface area is 158 Å². The van der Waals surface area contributed by atoms with Crippen molar-refractivity contribution < 1.29 is 24.2 Å². The monoisotopic (exact) mass is 369 g/mol. The first-order valence-electron chi connectivity index (χ1n) is 8.76. The summed E-state index contributed by atoms with van der Waals surface area (Å²) in [5.74, 6) is -0.305. The van der Waals surface area contributed by atoms with E-state index in [9.17, 15) is 14.4 Å². The molecule has 0 aliphatic rings. The summed E-state index contributed by atoms with van der Waals surface area (Å²) >= 11 is 0. The summed E-state index contributed by atoms with van der Waals surface area (Å²) in [6, 6.07) is 14.0. The van der Waals surface area contributed by atoms with Crippen molar-refractivity contribution in [1.82, 2.24) is 0 Å². The molecule has 2 N–H and O–H groups in total. The van der Waals surface area contributed by atoms with E-state index >= 15 is 0 Å². The molecule has 0 saturated carbocycles. The molecule has 0 heterocycles. The number of aliphatic carboxylic acids is 1. The summed E-state index contributed by atoms with van der Waals surface area (Å²) in [6.07, 6.45) is 1.55. The van der Waals surface area contributed by atoms with Crippen molar-refractivity contribution in [1.29, 1.82) is 0 Å². The first-order valence-corrected chi connectivity index (χ1v) is 8.76. The fourth-order valence-corrected chi connectivity index (χ4v) is 2.56. The molecule has 0 spiro atoms. The highest BCUT2D eigenvalue weighted by Gasteiger charge is 2.08. The van der Waals surface area contributed by atoms with E-state index in [-0.39, 0.29) is 24.5 Å². The van der Waals surface area contributed by atoms with Crippen LogP contribution in [0.15, 0.2) is 48.5 Å². The van der Waals surface area contributed by atoms with Crippen molar-refractivity contribution in [2.24, 2.45) is 0 Å². The Morgan fingerprint density at radius 2 is 1.59 bits per heavy atom. The van der Waals surface area contributed by atoms with E-state index in [1.165, 1.54) is 0 Å². The van der Waals surface area contributed by atoms with Crippen molar-refractivity contribution in [2.45, 2.75) is 32.1 Å². The topological polar surface area (TPSA) is 92.7 Å². The highest BCUT2D eigenvalue weighted by Crippen LogP contribution is 2.15. The minimum atomic E-state index is -0.837. The van der Waals surface area contributed by atoms with Gasteiger partial charge in [0.1, 0.15) is 5.75 Å². The summed E-state index contributed by atoms with van der Waals surface area (Å²) in [7, 11) is 1.57. The molecule has 0 saturated heterocycles. The molecule has 1 amide bonds. The van der Waals surface area contributed by atoms with Crippen LogP contribution in [-0.2, 0) is 16.0 Å². The van der Waals surface area contributed by atoms with Crippen LogP contribution in [0.25, 0.3) is 0 Å². The molecule has 0 aromatic heterocycles. The van der Waals surface area contributed by atoms with Gasteiger partial charge >= 0.3 is 5.97 Å². The number of hydrogen-bond acceptors (Lipinski definition) is 4. The summed E-state index contributed by atoms with van der Waals surface area (Å²) in [5, 5.41) is 11.5. The van der Waals surface area contributed by atoms with Gasteiger partial charge in [-0.15, -0.1) is 0 Å². The number of rotatable bonds is 10. The van der Waals surface area contributed by atoms with Gasteiger partial charge in [-0.2, -0.15) is 0 Å². The van der Waals surface area contributed by atoms with Crippen LogP contribution in [-0.4, -0.2) is 29.9 Å². The Bertz CT molecular complexity index is 781. The Hall–Kier alpha value is -3.15. The van der Waals surface area contributed by atoms with Gasteiger partial charge in [0.15, 0.2) is 5.78 Å². The molecule has 27 heavy (non-hydrogen) atoms. The molecule has 2 aromatic rings. The van der Waals surface area contributed by atoms with Crippen molar-refractivity contribution in [3.05, 3.63) is 59.7 Å². The zero-order valence-corrected chi connectivity index (χ0v) is 15.2. The second kappa shape index (κ2) is 10.1. The highest BCUT2D eigenvalue weighted by molar-refractivity contribution is 5.96. The lowest BCUT2D eigenvalue weighted by molar-refractivity contribution is -0.137. The maximum absolute atomic E-state index is 12.1. The van der Waals surface area contributed by atoms with E-state index < -0.39 is 5.97 Å². The third-order valence-electron chi connectivity index (χ3n) is 4.08. The van der Waals surface area contributed by atoms with Gasteiger partial charge in [0, 0.05) is 30.5 Å². The number of ether oxygens (including phenoxy) is 1. The second-order valence-corrected chi connectivity index (χ2v) is 6.14. The zero-order chi connectivity index (χ0) is 19.6. The molecular formula is C21H23NO5. The zero-order valence-electron chi connectivity index (χ0n) is 15.2. The smallest absolute Gasteiger partial charge is 0.303 e. The molecule has 0 aliphatic heterocycles. The molecule has 0 fully saturated rings. The molecule has 2 rings (SSSR count). The van der Waals surface area contributed by atoms with E-state index in [1.807, 2.05) is 0 Å². The van der Waals surface area contributed by atoms with E-state index in [0.717, 1.165) is 5.56 Å². The van der Waals surface area contributed by atoms with Crippen LogP contribution in [0, 0.1) is 0 Å². The maximum atomic E-state index is 12.1. The fourth-order valence-electron chi connectivity index (χ4n) is 2.56. The summed E-state index contributed by atoms with van der Waals surface area (Å²) in [4.78, 5) is 34.7. The maximum Gasteiger partial charge on any atom is 0.303 e. The van der Waals surface area contributed by atoms with E-state index in [0.29, 0.717) is 36.3 Å². The van der Waals surface area contributed by atoms with Gasteiger partial charge in [-0.3, -0.25) is 14.4 Å². The lowest BCUT2D eigenvalue weighted by Gasteiger charge is -2.07. The Kier molecular flexibility index (Phi) is 7.55. The van der Waals surface area contributed by atoms with Crippen molar-refractivity contribution in [3.63, 3.8) is 0 Å². The van der Waals surface area contributed by atoms with Crippen molar-refractivity contribution >= 4 is 23.3 Å². The van der Waals surface area contributed by atoms with Crippen LogP contribution in [0.1, 0.15) is 41.6 Å². The number of aryl methyl sites for hydroxylation is 1. The number of methoxy groups -OCH3 is 1. The summed E-state index contributed by atoms with van der Waals surface area (Å²) in [5.41, 5.74) is 2.16. The predicted octanol–water partition coefficient (Wildman–Crippen LogP) is 3.70. The number of benzene rings is 2. The third-order valence-corrected chi connectivity index (χ3v) is 4.08. The molecule has 0 bridgehead atoms. The van der Waals surface area contributed by atoms with Crippen molar-refractivity contribution in [3.8, 4) is 5.75 Å². The SMILES string of the molecule is COc1ccc(C(=O)CCCC(=O)Nc2ccc(CCC(=O)O)cc2)cc1. The van der Waals surface area contributed by atoms with Gasteiger partial charge in [-0.05, 0) is 54.8 Å². The molecule has 6 heteroatoms. The van der Waals surface area contributed by atoms with Gasteiger partial charge in [-0.1, -0.05) is 12.1 Å². The Morgan fingerprint density at radius 1 is 0.926 bits per heavy atom. The first-order chi connectivity index (χ1) is 13.0. The molecule has 0 aliphatic carbocycles. The molecule has 142 valence electrons. The minimum absolute atomic E-state index is 0.00626. The predicted molar refractivity (Wildman–Crippen MR) is 102 cm³/mol. The first kappa shape index (κ1) is 20.2. The van der Waals surface area contributed by atoms with E-state index in [1.54, 1.807) is 55.6 Å². The minimum Gasteiger partial charge on any atom is -0.497 e. The molecular weight excluding hydrogens is 346 g/mol. The fraction of sp³-hybridized carbons (Fsp3) is 0.286. The lowest BCUT2D eigenvalue weighted by Crippen LogP contribution is -2.12. The summed E-state index contributed by atoms with van der Waals surface area (Å²) in [6.45, 7) is 0. The number of anilines is 1. The number of carbonyl (C=O) groups excluding carboxylic acids is 2. The van der Waals surface area contributed by atoms with Crippen LogP contribution in [0.5, 0.6) is 5.75 Å². The van der Waals surface area contributed by atoms with Crippen LogP contribution in [0.2, 0.25) is 0 Å². The average molecular weight is 369 g/mol. The molecule has 0 atom stereocenters. The third kappa shape index (κ3) is 6.93. The van der Waals surface area contributed by atoms with Gasteiger partial charge in [0.05, 0.1) is 7.11 Å². The normalized spacial score (nSPS) is 10.3. The Balaban J connectivity index is 1.73. The van der Waals surface area contributed by atoms with E-state index in [4.69, 9.17) is 9.84 Å². The highest BCUT2D eigenvalue weighted by atomic mass is 16.5. The number of nitrogens with one attached hydrogen (secondary N) is 1. The summed E-state index contributed by atoms with van der Waals surface area (Å²) < 4.78 is 5.06. The van der Waals surface area contributed by atoms with Gasteiger partial charge in [0.25, 0.3) is 0 Å². The largest absolute Gasteiger partial charge is 0.497 e. The quantitative estimate of drug-likeness (QED) is 0.623. The number of ketones is 1. The van der Waals surface area contributed by atoms with E-state index in [2.05, 4.69) is 5.32 Å².